The predicted molar refractivity (Wildman–Crippen MR) is 88.3 cm³/mol. The summed E-state index contributed by atoms with van der Waals surface area (Å²) in [7, 11) is -3.11. The van der Waals surface area contributed by atoms with Gasteiger partial charge in [0.2, 0.25) is 5.91 Å². The van der Waals surface area contributed by atoms with E-state index in [2.05, 4.69) is 16.0 Å². The largest absolute Gasteiger partial charge is 0.416 e. The fourth-order valence-electron chi connectivity index (χ4n) is 2.43. The first-order valence-corrected chi connectivity index (χ1v) is 9.59. The van der Waals surface area contributed by atoms with Gasteiger partial charge in [-0.05, 0) is 24.6 Å². The van der Waals surface area contributed by atoms with Gasteiger partial charge in [-0.2, -0.15) is 13.2 Å². The lowest BCUT2D eigenvalue weighted by Crippen LogP contribution is -2.43. The van der Waals surface area contributed by atoms with Crippen LogP contribution in [0.2, 0.25) is 0 Å². The SMILES string of the molecule is O=C(CCNC(=O)NC1CCS(=O)(=O)C1)Nc1cccc(C(F)(F)F)c1. The molecule has 1 fully saturated rings. The summed E-state index contributed by atoms with van der Waals surface area (Å²) in [6.07, 6.45) is -4.31. The van der Waals surface area contributed by atoms with Gasteiger partial charge in [-0.25, -0.2) is 13.2 Å². The highest BCUT2D eigenvalue weighted by Gasteiger charge is 2.30. The fraction of sp³-hybridized carbons (Fsp3) is 0.467. The molecule has 1 aliphatic heterocycles. The molecule has 11 heteroatoms. The highest BCUT2D eigenvalue weighted by Crippen LogP contribution is 2.30. The van der Waals surface area contributed by atoms with Gasteiger partial charge in [0.1, 0.15) is 0 Å². The van der Waals surface area contributed by atoms with Crippen molar-refractivity contribution in [3.8, 4) is 0 Å². The number of hydrogen-bond donors (Lipinski definition) is 3. The van der Waals surface area contributed by atoms with E-state index < -0.39 is 39.6 Å². The third-order valence-corrected chi connectivity index (χ3v) is 5.45. The lowest BCUT2D eigenvalue weighted by atomic mass is 10.2. The number of sulfone groups is 1. The highest BCUT2D eigenvalue weighted by molar-refractivity contribution is 7.91. The smallest absolute Gasteiger partial charge is 0.338 e. The molecule has 0 aromatic heterocycles. The van der Waals surface area contributed by atoms with Gasteiger partial charge in [0, 0.05) is 24.7 Å². The van der Waals surface area contributed by atoms with E-state index in [-0.39, 0.29) is 30.2 Å². The van der Waals surface area contributed by atoms with Gasteiger partial charge in [-0.3, -0.25) is 4.79 Å². The number of alkyl halides is 3. The molecule has 1 atom stereocenters. The van der Waals surface area contributed by atoms with Crippen LogP contribution in [0, 0.1) is 0 Å². The maximum Gasteiger partial charge on any atom is 0.416 e. The first-order valence-electron chi connectivity index (χ1n) is 7.77. The number of halogens is 3. The number of amides is 3. The molecule has 26 heavy (non-hydrogen) atoms. The Balaban J connectivity index is 1.73. The van der Waals surface area contributed by atoms with Gasteiger partial charge in [0.05, 0.1) is 17.1 Å². The van der Waals surface area contributed by atoms with E-state index in [0.717, 1.165) is 12.1 Å². The summed E-state index contributed by atoms with van der Waals surface area (Å²) in [6, 6.07) is 3.16. The highest BCUT2D eigenvalue weighted by atomic mass is 32.2. The van der Waals surface area contributed by atoms with E-state index >= 15 is 0 Å². The van der Waals surface area contributed by atoms with Crippen molar-refractivity contribution < 1.29 is 31.2 Å². The summed E-state index contributed by atoms with van der Waals surface area (Å²) in [6.45, 7) is -0.0455. The second-order valence-electron chi connectivity index (χ2n) is 5.88. The molecule has 1 aliphatic rings. The molecule has 1 aromatic rings. The van der Waals surface area contributed by atoms with Gasteiger partial charge in [-0.15, -0.1) is 0 Å². The van der Waals surface area contributed by atoms with Crippen molar-refractivity contribution >= 4 is 27.5 Å². The van der Waals surface area contributed by atoms with Crippen molar-refractivity contribution in [3.05, 3.63) is 29.8 Å². The fourth-order valence-corrected chi connectivity index (χ4v) is 4.10. The van der Waals surface area contributed by atoms with E-state index in [1.165, 1.54) is 12.1 Å². The van der Waals surface area contributed by atoms with Crippen LogP contribution in [0.1, 0.15) is 18.4 Å². The van der Waals surface area contributed by atoms with Crippen LogP contribution >= 0.6 is 0 Å². The summed E-state index contributed by atoms with van der Waals surface area (Å²) in [4.78, 5) is 23.4. The molecule has 3 amide bonds. The minimum absolute atomic E-state index is 0.00504. The average molecular weight is 393 g/mol. The molecule has 0 saturated carbocycles. The Hall–Kier alpha value is -2.30. The maximum absolute atomic E-state index is 12.6. The van der Waals surface area contributed by atoms with Crippen LogP contribution in [0.4, 0.5) is 23.7 Å². The second-order valence-corrected chi connectivity index (χ2v) is 8.11. The van der Waals surface area contributed by atoms with Crippen LogP contribution in [0.25, 0.3) is 0 Å². The number of nitrogens with one attached hydrogen (secondary N) is 3. The van der Waals surface area contributed by atoms with Crippen LogP contribution in [-0.4, -0.2) is 44.4 Å². The van der Waals surface area contributed by atoms with E-state index in [0.29, 0.717) is 6.42 Å². The number of urea groups is 1. The molecule has 3 N–H and O–H groups in total. The monoisotopic (exact) mass is 393 g/mol. The van der Waals surface area contributed by atoms with Crippen molar-refractivity contribution in [1.29, 1.82) is 0 Å². The summed E-state index contributed by atoms with van der Waals surface area (Å²) < 4.78 is 60.4. The molecule has 7 nitrogen and oxygen atoms in total. The molecule has 2 rings (SSSR count). The van der Waals surface area contributed by atoms with E-state index in [9.17, 15) is 31.2 Å². The van der Waals surface area contributed by atoms with E-state index in [1.807, 2.05) is 0 Å². The van der Waals surface area contributed by atoms with Crippen LogP contribution in [0.3, 0.4) is 0 Å². The molecule has 1 unspecified atom stereocenters. The van der Waals surface area contributed by atoms with Crippen LogP contribution < -0.4 is 16.0 Å². The quantitative estimate of drug-likeness (QED) is 0.706. The average Bonchev–Trinajstić information content (AvgIpc) is 2.85. The predicted octanol–water partition coefficient (Wildman–Crippen LogP) is 1.52. The molecular weight excluding hydrogens is 375 g/mol. The Morgan fingerprint density at radius 1 is 1.23 bits per heavy atom. The Morgan fingerprint density at radius 2 is 1.96 bits per heavy atom. The van der Waals surface area contributed by atoms with Gasteiger partial charge < -0.3 is 16.0 Å². The van der Waals surface area contributed by atoms with Crippen molar-refractivity contribution in [1.82, 2.24) is 10.6 Å². The standard InChI is InChI=1S/C15H18F3N3O4S/c16-15(17,18)10-2-1-3-11(8-10)20-13(22)4-6-19-14(23)21-12-5-7-26(24,25)9-12/h1-3,8,12H,4-7,9H2,(H,20,22)(H2,19,21,23). The molecule has 1 aromatic carbocycles. The summed E-state index contributed by atoms with van der Waals surface area (Å²) >= 11 is 0. The number of rotatable bonds is 5. The van der Waals surface area contributed by atoms with Crippen molar-refractivity contribution in [2.24, 2.45) is 0 Å². The second kappa shape index (κ2) is 7.94. The van der Waals surface area contributed by atoms with Crippen LogP contribution in [0.5, 0.6) is 0 Å². The van der Waals surface area contributed by atoms with Crippen molar-refractivity contribution in [2.45, 2.75) is 25.1 Å². The van der Waals surface area contributed by atoms with Gasteiger partial charge >= 0.3 is 12.2 Å². The Bertz CT molecular complexity index is 781. The molecule has 0 radical (unpaired) electrons. The van der Waals surface area contributed by atoms with Gasteiger partial charge in [0.25, 0.3) is 0 Å². The summed E-state index contributed by atoms with van der Waals surface area (Å²) in [5, 5.41) is 7.22. The third-order valence-electron chi connectivity index (χ3n) is 3.68. The molecule has 1 saturated heterocycles. The normalized spacial score (nSPS) is 19.0. The van der Waals surface area contributed by atoms with Gasteiger partial charge in [0.15, 0.2) is 9.84 Å². The minimum Gasteiger partial charge on any atom is -0.338 e. The maximum atomic E-state index is 12.6. The topological polar surface area (TPSA) is 104 Å². The zero-order chi connectivity index (χ0) is 19.4. The first-order chi connectivity index (χ1) is 12.0. The number of hydrogen-bond acceptors (Lipinski definition) is 4. The Labute approximate surface area is 148 Å². The van der Waals surface area contributed by atoms with E-state index in [1.54, 1.807) is 0 Å². The Kier molecular flexibility index (Phi) is 6.11. The molecule has 1 heterocycles. The lowest BCUT2D eigenvalue weighted by molar-refractivity contribution is -0.137. The first kappa shape index (κ1) is 20.0. The van der Waals surface area contributed by atoms with Crippen LogP contribution in [-0.2, 0) is 20.8 Å². The summed E-state index contributed by atoms with van der Waals surface area (Å²) in [5.41, 5.74) is -0.871. The molecule has 0 spiro atoms. The number of anilines is 1. The zero-order valence-corrected chi connectivity index (χ0v) is 14.4. The molecule has 0 aliphatic carbocycles. The number of benzene rings is 1. The lowest BCUT2D eigenvalue weighted by Gasteiger charge is -2.12. The molecule has 0 bridgehead atoms. The van der Waals surface area contributed by atoms with E-state index in [4.69, 9.17) is 0 Å². The minimum atomic E-state index is -4.51. The third kappa shape index (κ3) is 6.21. The molecule has 144 valence electrons. The zero-order valence-electron chi connectivity index (χ0n) is 13.6. The van der Waals surface area contributed by atoms with Crippen LogP contribution in [0.15, 0.2) is 24.3 Å². The van der Waals surface area contributed by atoms with Crippen molar-refractivity contribution in [3.63, 3.8) is 0 Å². The van der Waals surface area contributed by atoms with Crippen molar-refractivity contribution in [2.75, 3.05) is 23.4 Å². The van der Waals surface area contributed by atoms with Gasteiger partial charge in [-0.1, -0.05) is 6.07 Å². The number of carbonyl (C=O) groups is 2. The summed E-state index contributed by atoms with van der Waals surface area (Å²) in [5.74, 6) is -0.651. The molecular formula is C15H18F3N3O4S. The number of carbonyl (C=O) groups excluding carboxylic acids is 2. The Morgan fingerprint density at radius 3 is 2.58 bits per heavy atom.